The first-order chi connectivity index (χ1) is 8.26. The van der Waals surface area contributed by atoms with Gasteiger partial charge in [0.05, 0.1) is 5.69 Å². The molecular formula is C15H15NS. The van der Waals surface area contributed by atoms with Crippen molar-refractivity contribution in [2.24, 2.45) is 0 Å². The lowest BCUT2D eigenvalue weighted by atomic mass is 10.1. The molecule has 0 atom stereocenters. The van der Waals surface area contributed by atoms with Crippen LogP contribution < -0.4 is 5.32 Å². The van der Waals surface area contributed by atoms with Gasteiger partial charge in [-0.1, -0.05) is 30.8 Å². The molecule has 0 amide bonds. The normalized spacial score (nSPS) is 12.6. The zero-order chi connectivity index (χ0) is 11.8. The number of fused-ring (bicyclic) bond motifs is 3. The molecule has 0 saturated heterocycles. The molecule has 1 heterocycles. The van der Waals surface area contributed by atoms with Crippen LogP contribution in [-0.2, 0) is 6.42 Å². The highest BCUT2D eigenvalue weighted by atomic mass is 32.2. The fourth-order valence-electron chi connectivity index (χ4n) is 2.13. The molecule has 0 aliphatic carbocycles. The summed E-state index contributed by atoms with van der Waals surface area (Å²) in [5.41, 5.74) is 5.16. The van der Waals surface area contributed by atoms with Gasteiger partial charge in [0.2, 0.25) is 0 Å². The first kappa shape index (κ1) is 10.7. The van der Waals surface area contributed by atoms with Gasteiger partial charge in [-0.2, -0.15) is 0 Å². The Bertz CT molecular complexity index is 575. The van der Waals surface area contributed by atoms with Crippen molar-refractivity contribution in [2.45, 2.75) is 30.1 Å². The second-order valence-electron chi connectivity index (χ2n) is 4.40. The van der Waals surface area contributed by atoms with E-state index in [2.05, 4.69) is 55.6 Å². The van der Waals surface area contributed by atoms with Gasteiger partial charge in [-0.05, 0) is 48.7 Å². The van der Waals surface area contributed by atoms with Crippen molar-refractivity contribution < 1.29 is 0 Å². The highest BCUT2D eigenvalue weighted by Gasteiger charge is 2.13. The molecule has 2 aromatic carbocycles. The Morgan fingerprint density at radius 2 is 1.94 bits per heavy atom. The van der Waals surface area contributed by atoms with E-state index in [1.165, 1.54) is 32.3 Å². The van der Waals surface area contributed by atoms with Gasteiger partial charge in [0.25, 0.3) is 0 Å². The summed E-state index contributed by atoms with van der Waals surface area (Å²) in [4.78, 5) is 2.63. The Balaban J connectivity index is 2.14. The van der Waals surface area contributed by atoms with Gasteiger partial charge in [0.1, 0.15) is 0 Å². The SMILES string of the molecule is CCc1ccc2cc1Nc1ccc(C)cc1S2. The Hall–Kier alpha value is -1.41. The first-order valence-electron chi connectivity index (χ1n) is 5.94. The topological polar surface area (TPSA) is 12.0 Å². The molecule has 1 N–H and O–H groups in total. The molecule has 2 bridgehead atoms. The van der Waals surface area contributed by atoms with Crippen LogP contribution in [0.5, 0.6) is 0 Å². The summed E-state index contributed by atoms with van der Waals surface area (Å²) in [7, 11) is 0. The van der Waals surface area contributed by atoms with Crippen LogP contribution in [0.1, 0.15) is 18.1 Å². The molecular weight excluding hydrogens is 226 g/mol. The lowest BCUT2D eigenvalue weighted by molar-refractivity contribution is 1.13. The van der Waals surface area contributed by atoms with Crippen molar-refractivity contribution in [2.75, 3.05) is 5.32 Å². The third-order valence-corrected chi connectivity index (χ3v) is 4.14. The Labute approximate surface area is 106 Å². The zero-order valence-electron chi connectivity index (χ0n) is 10.1. The van der Waals surface area contributed by atoms with E-state index in [-0.39, 0.29) is 0 Å². The standard InChI is InChI=1S/C15H15NS/c1-3-11-5-6-12-9-14(11)16-13-7-4-10(2)8-15(13)17-12/h4-9,16H,3H2,1-2H3. The van der Waals surface area contributed by atoms with E-state index in [0.717, 1.165) is 6.42 Å². The van der Waals surface area contributed by atoms with Crippen LogP contribution in [0.3, 0.4) is 0 Å². The number of rotatable bonds is 1. The number of hydrogen-bond donors (Lipinski definition) is 1. The number of nitrogens with one attached hydrogen (secondary N) is 1. The smallest absolute Gasteiger partial charge is 0.0526 e. The molecule has 2 heteroatoms. The van der Waals surface area contributed by atoms with Crippen molar-refractivity contribution in [1.29, 1.82) is 0 Å². The minimum atomic E-state index is 1.06. The van der Waals surface area contributed by atoms with Crippen LogP contribution >= 0.6 is 11.8 Å². The Morgan fingerprint density at radius 3 is 2.76 bits per heavy atom. The predicted octanol–water partition coefficient (Wildman–Crippen LogP) is 4.77. The van der Waals surface area contributed by atoms with E-state index in [0.29, 0.717) is 0 Å². The van der Waals surface area contributed by atoms with Crippen molar-refractivity contribution in [3.63, 3.8) is 0 Å². The predicted molar refractivity (Wildman–Crippen MR) is 74.4 cm³/mol. The van der Waals surface area contributed by atoms with Crippen LogP contribution in [-0.4, -0.2) is 0 Å². The average molecular weight is 241 g/mol. The largest absolute Gasteiger partial charge is 0.354 e. The number of aryl methyl sites for hydroxylation is 2. The quantitative estimate of drug-likeness (QED) is 0.659. The fraction of sp³-hybridized carbons (Fsp3) is 0.200. The molecule has 2 aromatic rings. The van der Waals surface area contributed by atoms with E-state index in [1.807, 2.05) is 11.8 Å². The summed E-state index contributed by atoms with van der Waals surface area (Å²) in [6, 6.07) is 13.3. The molecule has 0 saturated carbocycles. The third kappa shape index (κ3) is 1.93. The van der Waals surface area contributed by atoms with Crippen molar-refractivity contribution in [3.8, 4) is 0 Å². The van der Waals surface area contributed by atoms with Crippen LogP contribution in [0.15, 0.2) is 46.2 Å². The number of anilines is 2. The van der Waals surface area contributed by atoms with E-state index < -0.39 is 0 Å². The Kier molecular flexibility index (Phi) is 2.60. The zero-order valence-corrected chi connectivity index (χ0v) is 10.9. The van der Waals surface area contributed by atoms with Gasteiger partial charge < -0.3 is 5.32 Å². The molecule has 3 rings (SSSR count). The van der Waals surface area contributed by atoms with E-state index >= 15 is 0 Å². The number of benzene rings is 2. The Morgan fingerprint density at radius 1 is 1.06 bits per heavy atom. The van der Waals surface area contributed by atoms with Gasteiger partial charge in [0.15, 0.2) is 0 Å². The lowest BCUT2D eigenvalue weighted by Crippen LogP contribution is -1.94. The third-order valence-electron chi connectivity index (χ3n) is 3.10. The van der Waals surface area contributed by atoms with Crippen LogP contribution in [0, 0.1) is 6.92 Å². The maximum Gasteiger partial charge on any atom is 0.0526 e. The maximum atomic E-state index is 3.55. The molecule has 0 spiro atoms. The highest BCUT2D eigenvalue weighted by molar-refractivity contribution is 7.99. The molecule has 1 aliphatic heterocycles. The summed E-state index contributed by atoms with van der Waals surface area (Å²) in [5, 5.41) is 3.55. The molecule has 0 fully saturated rings. The molecule has 0 radical (unpaired) electrons. The second-order valence-corrected chi connectivity index (χ2v) is 5.51. The molecule has 17 heavy (non-hydrogen) atoms. The summed E-state index contributed by atoms with van der Waals surface area (Å²) >= 11 is 1.84. The minimum absolute atomic E-state index is 1.06. The number of hydrogen-bond acceptors (Lipinski definition) is 2. The van der Waals surface area contributed by atoms with Crippen molar-refractivity contribution in [1.82, 2.24) is 0 Å². The highest BCUT2D eigenvalue weighted by Crippen LogP contribution is 2.41. The van der Waals surface area contributed by atoms with Gasteiger partial charge in [-0.15, -0.1) is 0 Å². The van der Waals surface area contributed by atoms with Crippen molar-refractivity contribution >= 4 is 23.1 Å². The molecule has 0 aromatic heterocycles. The van der Waals surface area contributed by atoms with Gasteiger partial charge in [-0.25, -0.2) is 0 Å². The van der Waals surface area contributed by atoms with Crippen LogP contribution in [0.25, 0.3) is 0 Å². The van der Waals surface area contributed by atoms with E-state index in [1.54, 1.807) is 0 Å². The molecule has 1 nitrogen and oxygen atoms in total. The van der Waals surface area contributed by atoms with Gasteiger partial charge in [0, 0.05) is 15.5 Å². The second kappa shape index (κ2) is 4.11. The van der Waals surface area contributed by atoms with Crippen LogP contribution in [0.4, 0.5) is 11.4 Å². The van der Waals surface area contributed by atoms with Crippen molar-refractivity contribution in [3.05, 3.63) is 47.5 Å². The van der Waals surface area contributed by atoms with E-state index in [4.69, 9.17) is 0 Å². The molecule has 86 valence electrons. The maximum absolute atomic E-state index is 3.55. The summed E-state index contributed by atoms with van der Waals surface area (Å²) < 4.78 is 0. The summed E-state index contributed by atoms with van der Waals surface area (Å²) in [6.45, 7) is 4.33. The molecule has 1 aliphatic rings. The average Bonchev–Trinajstić information content (AvgIpc) is 2.46. The van der Waals surface area contributed by atoms with Gasteiger partial charge >= 0.3 is 0 Å². The van der Waals surface area contributed by atoms with Crippen LogP contribution in [0.2, 0.25) is 0 Å². The minimum Gasteiger partial charge on any atom is -0.354 e. The van der Waals surface area contributed by atoms with Gasteiger partial charge in [-0.3, -0.25) is 0 Å². The monoisotopic (exact) mass is 241 g/mol. The fourth-order valence-corrected chi connectivity index (χ4v) is 3.17. The first-order valence-corrected chi connectivity index (χ1v) is 6.76. The summed E-state index contributed by atoms with van der Waals surface area (Å²) in [6.07, 6.45) is 1.06. The summed E-state index contributed by atoms with van der Waals surface area (Å²) in [5.74, 6) is 0. The lowest BCUT2D eigenvalue weighted by Gasteiger charge is -2.10. The molecule has 0 unspecified atom stereocenters. The van der Waals surface area contributed by atoms with E-state index in [9.17, 15) is 0 Å².